The number of halogens is 4. The molecule has 0 amide bonds. The number of aromatic nitrogens is 3. The molecule has 2 aromatic heterocycles. The van der Waals surface area contributed by atoms with Crippen molar-refractivity contribution in [1.29, 1.82) is 0 Å². The number of nitrogens with zero attached hydrogens (tertiary/aromatic N) is 5. The van der Waals surface area contributed by atoms with Crippen LogP contribution < -0.4 is 15.0 Å². The maximum Gasteiger partial charge on any atom is 0.416 e. The van der Waals surface area contributed by atoms with Gasteiger partial charge in [0.25, 0.3) is 0 Å². The van der Waals surface area contributed by atoms with Crippen molar-refractivity contribution in [3.8, 4) is 17.0 Å². The molecule has 0 bridgehead atoms. The van der Waals surface area contributed by atoms with E-state index in [1.54, 1.807) is 13.8 Å². The summed E-state index contributed by atoms with van der Waals surface area (Å²) in [5.74, 6) is -1.16. The first-order chi connectivity index (χ1) is 18.9. The lowest BCUT2D eigenvalue weighted by Crippen LogP contribution is -2.48. The zero-order valence-corrected chi connectivity index (χ0v) is 23.3. The summed E-state index contributed by atoms with van der Waals surface area (Å²) in [5.41, 5.74) is 2.24. The third-order valence-corrected chi connectivity index (χ3v) is 7.48. The summed E-state index contributed by atoms with van der Waals surface area (Å²) in [6, 6.07) is 5.92. The van der Waals surface area contributed by atoms with Crippen LogP contribution in [-0.2, 0) is 0 Å². The largest absolute Gasteiger partial charge is 0.426 e. The van der Waals surface area contributed by atoms with Crippen molar-refractivity contribution in [3.63, 3.8) is 0 Å². The summed E-state index contributed by atoms with van der Waals surface area (Å²) in [7, 11) is 2.13. The second-order valence-electron chi connectivity index (χ2n) is 11.2. The van der Waals surface area contributed by atoms with Crippen LogP contribution in [0.25, 0.3) is 11.3 Å². The Morgan fingerprint density at radius 2 is 1.75 bits per heavy atom. The number of ether oxygens (including phenoxy) is 1. The fourth-order valence-electron chi connectivity index (χ4n) is 5.38. The number of hydrogen-bond donors (Lipinski definition) is 1. The van der Waals surface area contributed by atoms with Crippen LogP contribution in [0.1, 0.15) is 63.6 Å². The number of hydrogen-bond acceptors (Lipinski definition) is 7. The highest BCUT2D eigenvalue weighted by Crippen LogP contribution is 2.44. The molecule has 0 unspecified atom stereocenters. The molecule has 7 nitrogen and oxygen atoms in total. The predicted octanol–water partition coefficient (Wildman–Crippen LogP) is 6.69. The van der Waals surface area contributed by atoms with Crippen molar-refractivity contribution in [2.24, 2.45) is 0 Å². The summed E-state index contributed by atoms with van der Waals surface area (Å²) >= 11 is 0. The molecule has 1 saturated heterocycles. The lowest BCUT2D eigenvalue weighted by molar-refractivity contribution is -0.174. The van der Waals surface area contributed by atoms with Gasteiger partial charge in [0.2, 0.25) is 5.95 Å². The summed E-state index contributed by atoms with van der Waals surface area (Å²) in [4.78, 5) is 16.9. The number of nitrogens with one attached hydrogen (secondary N) is 1. The van der Waals surface area contributed by atoms with Crippen molar-refractivity contribution in [2.45, 2.75) is 64.5 Å². The number of piperidine rings is 1. The minimum Gasteiger partial charge on any atom is -0.426 e. The van der Waals surface area contributed by atoms with Gasteiger partial charge in [0.15, 0.2) is 17.4 Å². The Balaban J connectivity index is 1.46. The minimum absolute atomic E-state index is 0.0760. The SMILES string of the molecule is CC(C)c1nc(Nc2ncc(F)c(-c3cc(F)c4c(c3)N(C(C)C)CC(F)(F)O4)n2)ccc1C1CCN(C)CC1. The monoisotopic (exact) mass is 558 g/mol. The van der Waals surface area contributed by atoms with Gasteiger partial charge in [-0.05, 0) is 82.4 Å². The van der Waals surface area contributed by atoms with E-state index >= 15 is 4.39 Å². The van der Waals surface area contributed by atoms with Gasteiger partial charge in [-0.1, -0.05) is 19.9 Å². The van der Waals surface area contributed by atoms with E-state index in [4.69, 9.17) is 4.98 Å². The molecule has 2 aliphatic rings. The molecule has 0 aliphatic carbocycles. The van der Waals surface area contributed by atoms with Gasteiger partial charge in [0.1, 0.15) is 18.1 Å². The Morgan fingerprint density at radius 3 is 2.42 bits per heavy atom. The van der Waals surface area contributed by atoms with Crippen molar-refractivity contribution in [3.05, 3.63) is 53.4 Å². The van der Waals surface area contributed by atoms with Gasteiger partial charge in [-0.2, -0.15) is 8.78 Å². The number of fused-ring (bicyclic) bond motifs is 1. The molecule has 11 heteroatoms. The van der Waals surface area contributed by atoms with Crippen molar-refractivity contribution in [1.82, 2.24) is 19.9 Å². The van der Waals surface area contributed by atoms with Crippen LogP contribution in [0.3, 0.4) is 0 Å². The number of likely N-dealkylation sites (tertiary alicyclic amines) is 1. The molecule has 1 N–H and O–H groups in total. The average molecular weight is 559 g/mol. The first-order valence-corrected chi connectivity index (χ1v) is 13.6. The molecular formula is C29H34F4N6O. The zero-order valence-electron chi connectivity index (χ0n) is 23.3. The van der Waals surface area contributed by atoms with Gasteiger partial charge in [-0.25, -0.2) is 23.7 Å². The summed E-state index contributed by atoms with van der Waals surface area (Å²) in [6.45, 7) is 8.95. The zero-order chi connectivity index (χ0) is 28.8. The lowest BCUT2D eigenvalue weighted by atomic mass is 9.86. The van der Waals surface area contributed by atoms with Gasteiger partial charge in [0, 0.05) is 17.3 Å². The maximum absolute atomic E-state index is 15.0. The number of alkyl halides is 2. The summed E-state index contributed by atoms with van der Waals surface area (Å²) in [6.07, 6.45) is -0.419. The highest BCUT2D eigenvalue weighted by atomic mass is 19.3. The fourth-order valence-corrected chi connectivity index (χ4v) is 5.38. The van der Waals surface area contributed by atoms with E-state index in [1.807, 2.05) is 6.07 Å². The molecule has 0 saturated carbocycles. The Hall–Kier alpha value is -3.47. The third-order valence-electron chi connectivity index (χ3n) is 7.48. The van der Waals surface area contributed by atoms with Crippen molar-refractivity contribution < 1.29 is 22.3 Å². The average Bonchev–Trinajstić information content (AvgIpc) is 2.90. The highest BCUT2D eigenvalue weighted by Gasteiger charge is 2.43. The van der Waals surface area contributed by atoms with Gasteiger partial charge in [-0.3, -0.25) is 0 Å². The van der Waals surface area contributed by atoms with Crippen LogP contribution in [0.15, 0.2) is 30.5 Å². The number of anilines is 3. The molecule has 0 atom stereocenters. The van der Waals surface area contributed by atoms with Crippen LogP contribution in [0.2, 0.25) is 0 Å². The Morgan fingerprint density at radius 1 is 1.02 bits per heavy atom. The highest BCUT2D eigenvalue weighted by molar-refractivity contribution is 5.73. The Kier molecular flexibility index (Phi) is 7.60. The van der Waals surface area contributed by atoms with E-state index in [0.717, 1.165) is 43.9 Å². The maximum atomic E-state index is 15.0. The molecule has 5 rings (SSSR count). The quantitative estimate of drug-likeness (QED) is 0.338. The predicted molar refractivity (Wildman–Crippen MR) is 147 cm³/mol. The van der Waals surface area contributed by atoms with Crippen LogP contribution in [0.5, 0.6) is 5.75 Å². The first kappa shape index (κ1) is 28.1. The van der Waals surface area contributed by atoms with Gasteiger partial charge < -0.3 is 19.9 Å². The van der Waals surface area contributed by atoms with Crippen LogP contribution in [-0.4, -0.2) is 58.7 Å². The topological polar surface area (TPSA) is 66.4 Å². The van der Waals surface area contributed by atoms with Crippen LogP contribution in [0.4, 0.5) is 35.0 Å². The Bertz CT molecular complexity index is 1390. The van der Waals surface area contributed by atoms with Crippen LogP contribution in [0, 0.1) is 11.6 Å². The molecule has 1 fully saturated rings. The summed E-state index contributed by atoms with van der Waals surface area (Å²) < 4.78 is 62.8. The first-order valence-electron chi connectivity index (χ1n) is 13.6. The van der Waals surface area contributed by atoms with E-state index in [2.05, 4.69) is 51.9 Å². The molecule has 0 radical (unpaired) electrons. The lowest BCUT2D eigenvalue weighted by Gasteiger charge is -2.38. The number of pyridine rings is 1. The molecule has 2 aliphatic heterocycles. The van der Waals surface area contributed by atoms with Crippen molar-refractivity contribution in [2.75, 3.05) is 36.9 Å². The standard InChI is InChI=1S/C29H34F4N6O/c1-16(2)25-20(18-8-10-38(5)11-9-18)6-7-24(35-25)36-28-34-14-22(31)26(37-28)19-12-21(30)27-23(13-19)39(17(3)4)15-29(32,33)40-27/h6-7,12-14,16-18H,8-11,15H2,1-5H3,(H,34,35,36,37). The van der Waals surface area contributed by atoms with E-state index in [9.17, 15) is 13.2 Å². The third kappa shape index (κ3) is 5.70. The Labute approximate surface area is 231 Å². The van der Waals surface area contributed by atoms with Gasteiger partial charge in [-0.15, -0.1) is 0 Å². The normalized spacial score (nSPS) is 17.7. The molecule has 3 aromatic rings. The van der Waals surface area contributed by atoms with E-state index in [-0.39, 0.29) is 34.9 Å². The second-order valence-corrected chi connectivity index (χ2v) is 11.2. The van der Waals surface area contributed by atoms with Crippen LogP contribution >= 0.6 is 0 Å². The van der Waals surface area contributed by atoms with E-state index in [1.165, 1.54) is 16.5 Å². The molecule has 40 heavy (non-hydrogen) atoms. The minimum atomic E-state index is -3.55. The fraction of sp³-hybridized carbons (Fsp3) is 0.483. The summed E-state index contributed by atoms with van der Waals surface area (Å²) in [5, 5.41) is 3.05. The number of rotatable bonds is 6. The molecule has 0 spiro atoms. The second kappa shape index (κ2) is 10.8. The van der Waals surface area contributed by atoms with Gasteiger partial charge >= 0.3 is 6.11 Å². The number of benzene rings is 1. The van der Waals surface area contributed by atoms with Gasteiger partial charge in [0.05, 0.1) is 11.9 Å². The van der Waals surface area contributed by atoms with E-state index in [0.29, 0.717) is 11.7 Å². The molecule has 1 aromatic carbocycles. The van der Waals surface area contributed by atoms with E-state index < -0.39 is 30.0 Å². The molecule has 214 valence electrons. The molecular weight excluding hydrogens is 524 g/mol. The smallest absolute Gasteiger partial charge is 0.416 e. The molecule has 4 heterocycles. The van der Waals surface area contributed by atoms with Crippen molar-refractivity contribution >= 4 is 17.5 Å².